The Bertz CT molecular complexity index is 314. The topological polar surface area (TPSA) is 49.6 Å². The fourth-order valence-corrected chi connectivity index (χ4v) is 3.33. The number of nitrogens with zero attached hydrogens (tertiary/aromatic N) is 2. The molecule has 0 aromatic heterocycles. The average Bonchev–Trinajstić information content (AvgIpc) is 3.18. The lowest BCUT2D eigenvalue weighted by Gasteiger charge is -2.44. The molecule has 1 amide bonds. The molecule has 0 spiro atoms. The van der Waals surface area contributed by atoms with Gasteiger partial charge in [-0.05, 0) is 32.2 Å². The molecular weight excluding hydrogens is 214 g/mol. The number of fused-ring (bicyclic) bond motifs is 1. The Morgan fingerprint density at radius 2 is 2.06 bits per heavy atom. The second-order valence-corrected chi connectivity index (χ2v) is 5.92. The summed E-state index contributed by atoms with van der Waals surface area (Å²) in [6, 6.07) is 0.620. The van der Waals surface area contributed by atoms with Gasteiger partial charge in [-0.2, -0.15) is 0 Å². The summed E-state index contributed by atoms with van der Waals surface area (Å²) in [5, 5.41) is 0. The van der Waals surface area contributed by atoms with Crippen molar-refractivity contribution in [3.63, 3.8) is 0 Å². The number of carbonyl (C=O) groups excluding carboxylic acids is 1. The van der Waals surface area contributed by atoms with E-state index >= 15 is 0 Å². The van der Waals surface area contributed by atoms with Crippen LogP contribution in [0.2, 0.25) is 0 Å². The molecule has 4 heteroatoms. The SMILES string of the molecule is NCC1(C(=O)N2CCN3CCCCC3C2)CC1. The van der Waals surface area contributed by atoms with Crippen LogP contribution in [0.4, 0.5) is 0 Å². The molecule has 0 aromatic rings. The van der Waals surface area contributed by atoms with Gasteiger partial charge in [-0.15, -0.1) is 0 Å². The van der Waals surface area contributed by atoms with Crippen LogP contribution >= 0.6 is 0 Å². The number of hydrogen-bond acceptors (Lipinski definition) is 3. The van der Waals surface area contributed by atoms with E-state index in [0.717, 1.165) is 32.5 Å². The van der Waals surface area contributed by atoms with Gasteiger partial charge < -0.3 is 10.6 Å². The van der Waals surface area contributed by atoms with Crippen LogP contribution in [-0.2, 0) is 4.79 Å². The van der Waals surface area contributed by atoms with E-state index in [0.29, 0.717) is 18.5 Å². The maximum Gasteiger partial charge on any atom is 0.230 e. The molecule has 96 valence electrons. The Hall–Kier alpha value is -0.610. The van der Waals surface area contributed by atoms with E-state index in [4.69, 9.17) is 5.73 Å². The number of amides is 1. The number of nitrogens with two attached hydrogens (primary N) is 1. The van der Waals surface area contributed by atoms with Crippen molar-refractivity contribution < 1.29 is 4.79 Å². The fraction of sp³-hybridized carbons (Fsp3) is 0.923. The summed E-state index contributed by atoms with van der Waals surface area (Å²) in [6.45, 7) is 4.69. The van der Waals surface area contributed by atoms with Crippen molar-refractivity contribution in [3.8, 4) is 0 Å². The van der Waals surface area contributed by atoms with E-state index in [-0.39, 0.29) is 5.41 Å². The maximum absolute atomic E-state index is 12.4. The van der Waals surface area contributed by atoms with E-state index in [1.807, 2.05) is 0 Å². The Morgan fingerprint density at radius 3 is 2.76 bits per heavy atom. The fourth-order valence-electron chi connectivity index (χ4n) is 3.33. The number of piperazine rings is 1. The lowest BCUT2D eigenvalue weighted by atomic mass is 9.97. The molecule has 1 aliphatic carbocycles. The summed E-state index contributed by atoms with van der Waals surface area (Å²) in [5.74, 6) is 0.338. The van der Waals surface area contributed by atoms with Gasteiger partial charge in [0.2, 0.25) is 5.91 Å². The van der Waals surface area contributed by atoms with Crippen molar-refractivity contribution in [2.45, 2.75) is 38.1 Å². The van der Waals surface area contributed by atoms with Crippen LogP contribution in [0.3, 0.4) is 0 Å². The van der Waals surface area contributed by atoms with Crippen molar-refractivity contribution in [2.24, 2.45) is 11.1 Å². The largest absolute Gasteiger partial charge is 0.339 e. The van der Waals surface area contributed by atoms with E-state index in [9.17, 15) is 4.79 Å². The molecule has 4 nitrogen and oxygen atoms in total. The highest BCUT2D eigenvalue weighted by Crippen LogP contribution is 2.46. The first-order chi connectivity index (χ1) is 8.25. The normalized spacial score (nSPS) is 32.1. The summed E-state index contributed by atoms with van der Waals surface area (Å²) in [7, 11) is 0. The number of hydrogen-bond donors (Lipinski definition) is 1. The molecule has 0 aromatic carbocycles. The summed E-state index contributed by atoms with van der Waals surface area (Å²) in [6.07, 6.45) is 5.93. The number of carbonyl (C=O) groups is 1. The molecule has 2 saturated heterocycles. The van der Waals surface area contributed by atoms with Crippen LogP contribution in [0.25, 0.3) is 0 Å². The minimum Gasteiger partial charge on any atom is -0.339 e. The highest BCUT2D eigenvalue weighted by atomic mass is 16.2. The Labute approximate surface area is 103 Å². The number of piperidine rings is 1. The summed E-state index contributed by atoms with van der Waals surface area (Å²) in [5.41, 5.74) is 5.59. The zero-order chi connectivity index (χ0) is 11.9. The van der Waals surface area contributed by atoms with Gasteiger partial charge in [-0.1, -0.05) is 6.42 Å². The second kappa shape index (κ2) is 4.25. The van der Waals surface area contributed by atoms with Gasteiger partial charge in [0.15, 0.2) is 0 Å². The highest BCUT2D eigenvalue weighted by molar-refractivity contribution is 5.85. The molecule has 1 saturated carbocycles. The molecular formula is C13H23N3O. The lowest BCUT2D eigenvalue weighted by Crippen LogP contribution is -2.57. The van der Waals surface area contributed by atoms with Crippen molar-refractivity contribution in [3.05, 3.63) is 0 Å². The standard InChI is InChI=1S/C13H23N3O/c14-10-13(4-5-13)12(17)16-8-7-15-6-2-1-3-11(15)9-16/h11H,1-10,14H2. The monoisotopic (exact) mass is 237 g/mol. The Balaban J connectivity index is 1.64. The van der Waals surface area contributed by atoms with Gasteiger partial charge in [0.05, 0.1) is 5.41 Å². The molecule has 2 aliphatic heterocycles. The van der Waals surface area contributed by atoms with Crippen LogP contribution in [0.1, 0.15) is 32.1 Å². The van der Waals surface area contributed by atoms with E-state index in [2.05, 4.69) is 9.80 Å². The third-order valence-corrected chi connectivity index (χ3v) is 4.82. The van der Waals surface area contributed by atoms with Crippen LogP contribution in [0.15, 0.2) is 0 Å². The third kappa shape index (κ3) is 1.97. The lowest BCUT2D eigenvalue weighted by molar-refractivity contribution is -0.140. The summed E-state index contributed by atoms with van der Waals surface area (Å²) >= 11 is 0. The number of rotatable bonds is 2. The average molecular weight is 237 g/mol. The predicted molar refractivity (Wildman–Crippen MR) is 66.5 cm³/mol. The van der Waals surface area contributed by atoms with Gasteiger partial charge in [0, 0.05) is 32.2 Å². The van der Waals surface area contributed by atoms with Gasteiger partial charge >= 0.3 is 0 Å². The van der Waals surface area contributed by atoms with Crippen molar-refractivity contribution in [1.29, 1.82) is 0 Å². The summed E-state index contributed by atoms with van der Waals surface area (Å²) in [4.78, 5) is 17.1. The molecule has 1 atom stereocenters. The minimum absolute atomic E-state index is 0.156. The molecule has 2 N–H and O–H groups in total. The van der Waals surface area contributed by atoms with Crippen molar-refractivity contribution in [1.82, 2.24) is 9.80 Å². The molecule has 0 bridgehead atoms. The molecule has 3 rings (SSSR count). The second-order valence-electron chi connectivity index (χ2n) is 5.92. The van der Waals surface area contributed by atoms with Gasteiger partial charge in [-0.25, -0.2) is 0 Å². The smallest absolute Gasteiger partial charge is 0.230 e. The summed E-state index contributed by atoms with van der Waals surface area (Å²) < 4.78 is 0. The van der Waals surface area contributed by atoms with Gasteiger partial charge in [0.25, 0.3) is 0 Å². The molecule has 0 radical (unpaired) electrons. The van der Waals surface area contributed by atoms with E-state index in [1.165, 1.54) is 25.8 Å². The first-order valence-electron chi connectivity index (χ1n) is 6.99. The van der Waals surface area contributed by atoms with E-state index in [1.54, 1.807) is 0 Å². The maximum atomic E-state index is 12.4. The van der Waals surface area contributed by atoms with Crippen molar-refractivity contribution in [2.75, 3.05) is 32.7 Å². The zero-order valence-corrected chi connectivity index (χ0v) is 10.5. The minimum atomic E-state index is -0.156. The first kappa shape index (κ1) is 11.5. The molecule has 2 heterocycles. The highest BCUT2D eigenvalue weighted by Gasteiger charge is 2.51. The third-order valence-electron chi connectivity index (χ3n) is 4.82. The van der Waals surface area contributed by atoms with Crippen LogP contribution in [-0.4, -0.2) is 54.5 Å². The van der Waals surface area contributed by atoms with Crippen molar-refractivity contribution >= 4 is 5.91 Å². The predicted octanol–water partition coefficient (Wildman–Crippen LogP) is 0.422. The quantitative estimate of drug-likeness (QED) is 0.757. The Kier molecular flexibility index (Phi) is 2.87. The molecule has 3 aliphatic rings. The first-order valence-corrected chi connectivity index (χ1v) is 6.99. The zero-order valence-electron chi connectivity index (χ0n) is 10.5. The molecule has 17 heavy (non-hydrogen) atoms. The van der Waals surface area contributed by atoms with E-state index < -0.39 is 0 Å². The molecule has 3 fully saturated rings. The Morgan fingerprint density at radius 1 is 1.24 bits per heavy atom. The van der Waals surface area contributed by atoms with Crippen LogP contribution in [0, 0.1) is 5.41 Å². The van der Waals surface area contributed by atoms with Gasteiger partial charge in [-0.3, -0.25) is 9.69 Å². The van der Waals surface area contributed by atoms with Crippen LogP contribution < -0.4 is 5.73 Å². The van der Waals surface area contributed by atoms with Gasteiger partial charge in [0.1, 0.15) is 0 Å². The molecule has 1 unspecified atom stereocenters. The van der Waals surface area contributed by atoms with Crippen LogP contribution in [0.5, 0.6) is 0 Å².